The minimum atomic E-state index is -0.815. The van der Waals surface area contributed by atoms with Crippen molar-refractivity contribution in [2.75, 3.05) is 0 Å². The molecule has 0 amide bonds. The molecule has 0 aliphatic heterocycles. The van der Waals surface area contributed by atoms with Gasteiger partial charge in [-0.1, -0.05) is 0 Å². The Balaban J connectivity index is 2.50. The van der Waals surface area contributed by atoms with Crippen LogP contribution in [-0.4, -0.2) is 21.0 Å². The maximum absolute atomic E-state index is 10.5. The smallest absolute Gasteiger partial charge is 0.308 e. The number of hydrogen-bond donors (Lipinski definition) is 2. The molecule has 0 fully saturated rings. The Kier molecular flexibility index (Phi) is 1.81. The minimum absolute atomic E-state index is 0.0540. The lowest BCUT2D eigenvalue weighted by Gasteiger charge is -1.88. The first kappa shape index (κ1) is 8.25. The molecule has 0 unspecified atom stereocenters. The number of H-pyrrole nitrogens is 1. The number of carbonyl (C=O) groups is 1. The zero-order valence-corrected chi connectivity index (χ0v) is 7.81. The molecule has 0 aliphatic carbocycles. The summed E-state index contributed by atoms with van der Waals surface area (Å²) in [6.45, 7) is 1.86. The summed E-state index contributed by atoms with van der Waals surface area (Å²) >= 11 is 1.43. The highest BCUT2D eigenvalue weighted by molar-refractivity contribution is 7.11. The number of aliphatic carboxylic acids is 1. The summed E-state index contributed by atoms with van der Waals surface area (Å²) < 4.78 is 0. The van der Waals surface area contributed by atoms with Crippen LogP contribution in [0.15, 0.2) is 5.38 Å². The Morgan fingerprint density at radius 2 is 2.54 bits per heavy atom. The van der Waals surface area contributed by atoms with Crippen LogP contribution in [0.2, 0.25) is 0 Å². The molecule has 0 saturated heterocycles. The summed E-state index contributed by atoms with van der Waals surface area (Å²) in [5.74, 6) is 0.00819. The number of carboxylic acids is 1. The number of rotatable bonds is 2. The third-order valence-corrected chi connectivity index (χ3v) is 2.72. The number of hydrogen-bond acceptors (Lipinski definition) is 3. The van der Waals surface area contributed by atoms with Crippen molar-refractivity contribution >= 4 is 28.3 Å². The molecular formula is C8H8N2O2S. The molecule has 0 atom stereocenters. The average Bonchev–Trinajstić information content (AvgIpc) is 2.51. The second-order valence-electron chi connectivity index (χ2n) is 2.81. The van der Waals surface area contributed by atoms with Gasteiger partial charge in [0.2, 0.25) is 0 Å². The van der Waals surface area contributed by atoms with Gasteiger partial charge >= 0.3 is 5.97 Å². The molecule has 0 aliphatic rings. The van der Waals surface area contributed by atoms with Crippen molar-refractivity contribution in [1.29, 1.82) is 0 Å². The Bertz CT molecular complexity index is 458. The van der Waals surface area contributed by atoms with Gasteiger partial charge in [-0.25, -0.2) is 4.98 Å². The first-order valence-corrected chi connectivity index (χ1v) is 4.69. The Morgan fingerprint density at radius 3 is 3.23 bits per heavy atom. The predicted octanol–water partition coefficient (Wildman–Crippen LogP) is 1.56. The number of aromatic nitrogens is 2. The van der Waals surface area contributed by atoms with Gasteiger partial charge in [0.05, 0.1) is 11.9 Å². The zero-order valence-electron chi connectivity index (χ0n) is 7.00. The van der Waals surface area contributed by atoms with E-state index in [1.54, 1.807) is 0 Å². The van der Waals surface area contributed by atoms with E-state index < -0.39 is 5.97 Å². The van der Waals surface area contributed by atoms with Crippen LogP contribution in [0.1, 0.15) is 10.7 Å². The molecule has 0 saturated carbocycles. The topological polar surface area (TPSA) is 66.0 Å². The van der Waals surface area contributed by atoms with Crippen LogP contribution in [0.3, 0.4) is 0 Å². The number of nitrogens with zero attached hydrogens (tertiary/aromatic N) is 1. The van der Waals surface area contributed by atoms with E-state index >= 15 is 0 Å². The first-order valence-electron chi connectivity index (χ1n) is 3.81. The van der Waals surface area contributed by atoms with Crippen LogP contribution in [0.25, 0.3) is 11.0 Å². The van der Waals surface area contributed by atoms with E-state index in [2.05, 4.69) is 9.97 Å². The number of aryl methyl sites for hydroxylation is 1. The lowest BCUT2D eigenvalue weighted by atomic mass is 10.3. The number of aromatic amines is 1. The fourth-order valence-corrected chi connectivity index (χ4v) is 2.16. The molecule has 2 heterocycles. The van der Waals surface area contributed by atoms with E-state index in [9.17, 15) is 4.79 Å². The van der Waals surface area contributed by atoms with Crippen molar-refractivity contribution in [1.82, 2.24) is 9.97 Å². The minimum Gasteiger partial charge on any atom is -0.481 e. The van der Waals surface area contributed by atoms with E-state index in [-0.39, 0.29) is 6.42 Å². The Labute approximate surface area is 78.2 Å². The molecule has 5 heteroatoms. The van der Waals surface area contributed by atoms with E-state index in [4.69, 9.17) is 5.11 Å². The summed E-state index contributed by atoms with van der Waals surface area (Å²) in [5, 5.41) is 10.5. The van der Waals surface area contributed by atoms with Crippen LogP contribution >= 0.6 is 11.3 Å². The number of nitrogens with one attached hydrogen (secondary N) is 1. The summed E-state index contributed by atoms with van der Waals surface area (Å²) in [6.07, 6.45) is 0.0540. The highest BCUT2D eigenvalue weighted by atomic mass is 32.1. The maximum Gasteiger partial charge on any atom is 0.308 e. The highest BCUT2D eigenvalue weighted by Gasteiger charge is 2.10. The Morgan fingerprint density at radius 1 is 1.77 bits per heavy atom. The third-order valence-electron chi connectivity index (χ3n) is 1.75. The number of imidazole rings is 1. The molecule has 0 aromatic carbocycles. The van der Waals surface area contributed by atoms with Gasteiger partial charge in [0.1, 0.15) is 11.3 Å². The molecule has 2 rings (SSSR count). The normalized spacial score (nSPS) is 10.8. The number of carboxylic acid groups (broad SMARTS) is 1. The van der Waals surface area contributed by atoms with E-state index in [0.29, 0.717) is 0 Å². The maximum atomic E-state index is 10.5. The van der Waals surface area contributed by atoms with E-state index in [1.807, 2.05) is 12.3 Å². The lowest BCUT2D eigenvalue weighted by Crippen LogP contribution is -1.97. The van der Waals surface area contributed by atoms with Gasteiger partial charge < -0.3 is 10.1 Å². The van der Waals surface area contributed by atoms with Gasteiger partial charge in [-0.2, -0.15) is 0 Å². The van der Waals surface area contributed by atoms with Crippen LogP contribution in [-0.2, 0) is 11.2 Å². The van der Waals surface area contributed by atoms with Gasteiger partial charge in [0.15, 0.2) is 0 Å². The second-order valence-corrected chi connectivity index (χ2v) is 3.78. The van der Waals surface area contributed by atoms with Crippen LogP contribution in [0.5, 0.6) is 0 Å². The molecule has 0 spiro atoms. The molecule has 2 aromatic rings. The quantitative estimate of drug-likeness (QED) is 0.766. The van der Waals surface area contributed by atoms with Crippen LogP contribution in [0, 0.1) is 6.92 Å². The van der Waals surface area contributed by atoms with Crippen molar-refractivity contribution in [2.24, 2.45) is 0 Å². The molecule has 68 valence electrons. The van der Waals surface area contributed by atoms with Crippen molar-refractivity contribution in [2.45, 2.75) is 13.3 Å². The van der Waals surface area contributed by atoms with Crippen molar-refractivity contribution < 1.29 is 9.90 Å². The molecule has 0 bridgehead atoms. The van der Waals surface area contributed by atoms with Crippen molar-refractivity contribution in [3.63, 3.8) is 0 Å². The van der Waals surface area contributed by atoms with E-state index in [0.717, 1.165) is 21.7 Å². The summed E-state index contributed by atoms with van der Waals surface area (Å²) in [6, 6.07) is 0. The Hall–Kier alpha value is -1.36. The van der Waals surface area contributed by atoms with Crippen molar-refractivity contribution in [3.8, 4) is 0 Å². The van der Waals surface area contributed by atoms with E-state index in [1.165, 1.54) is 11.3 Å². The zero-order chi connectivity index (χ0) is 9.42. The van der Waals surface area contributed by atoms with Gasteiger partial charge in [0.25, 0.3) is 0 Å². The van der Waals surface area contributed by atoms with Gasteiger partial charge in [0, 0.05) is 10.3 Å². The molecule has 0 radical (unpaired) electrons. The van der Waals surface area contributed by atoms with Crippen LogP contribution < -0.4 is 0 Å². The highest BCUT2D eigenvalue weighted by Crippen LogP contribution is 2.23. The van der Waals surface area contributed by atoms with Crippen LogP contribution in [0.4, 0.5) is 0 Å². The summed E-state index contributed by atoms with van der Waals surface area (Å²) in [4.78, 5) is 18.6. The van der Waals surface area contributed by atoms with Gasteiger partial charge in [-0.05, 0) is 6.92 Å². The lowest BCUT2D eigenvalue weighted by molar-refractivity contribution is -0.136. The SMILES string of the molecule is Cc1nc2c(CC(=O)O)scc2[nH]1. The van der Waals surface area contributed by atoms with Gasteiger partial charge in [-0.3, -0.25) is 4.79 Å². The molecule has 13 heavy (non-hydrogen) atoms. The predicted molar refractivity (Wildman–Crippen MR) is 50.0 cm³/mol. The monoisotopic (exact) mass is 196 g/mol. The first-order chi connectivity index (χ1) is 6.16. The molecule has 4 nitrogen and oxygen atoms in total. The molecular weight excluding hydrogens is 188 g/mol. The van der Waals surface area contributed by atoms with Crippen molar-refractivity contribution in [3.05, 3.63) is 16.1 Å². The average molecular weight is 196 g/mol. The third kappa shape index (κ3) is 1.42. The molecule has 2 N–H and O–H groups in total. The summed E-state index contributed by atoms with van der Waals surface area (Å²) in [7, 11) is 0. The standard InChI is InChI=1S/C8H8N2O2S/c1-4-9-5-3-13-6(2-7(11)12)8(5)10-4/h3H,2H2,1H3,(H,9,10)(H,11,12). The number of thiophene rings is 1. The number of fused-ring (bicyclic) bond motifs is 1. The molecule has 2 aromatic heterocycles. The second kappa shape index (κ2) is 2.85. The fraction of sp³-hybridized carbons (Fsp3) is 0.250. The fourth-order valence-electron chi connectivity index (χ4n) is 1.26. The largest absolute Gasteiger partial charge is 0.481 e. The van der Waals surface area contributed by atoms with Gasteiger partial charge in [-0.15, -0.1) is 11.3 Å². The summed E-state index contributed by atoms with van der Waals surface area (Å²) in [5.41, 5.74) is 1.73.